The summed E-state index contributed by atoms with van der Waals surface area (Å²) in [6.45, 7) is 1.99. The first-order valence-corrected chi connectivity index (χ1v) is 8.52. The second kappa shape index (κ2) is 6.03. The number of carbonyl (C=O) groups excluding carboxylic acids is 1. The van der Waals surface area contributed by atoms with Crippen LogP contribution in [0.15, 0.2) is 58.8 Å². The third-order valence-corrected chi connectivity index (χ3v) is 4.55. The van der Waals surface area contributed by atoms with Gasteiger partial charge in [0.05, 0.1) is 5.69 Å². The van der Waals surface area contributed by atoms with E-state index in [0.29, 0.717) is 16.5 Å². The van der Waals surface area contributed by atoms with Gasteiger partial charge in [0, 0.05) is 23.0 Å². The minimum absolute atomic E-state index is 0.162. The summed E-state index contributed by atoms with van der Waals surface area (Å²) < 4.78 is 1.56. The van der Waals surface area contributed by atoms with Gasteiger partial charge in [0.15, 0.2) is 5.13 Å². The van der Waals surface area contributed by atoms with Crippen molar-refractivity contribution in [2.45, 2.75) is 6.92 Å². The molecule has 1 amide bonds. The molecule has 3 heterocycles. The highest BCUT2D eigenvalue weighted by molar-refractivity contribution is 7.13. The van der Waals surface area contributed by atoms with E-state index in [1.165, 1.54) is 17.4 Å². The average Bonchev–Trinajstić information content (AvgIpc) is 3.25. The molecule has 0 saturated heterocycles. The number of thiazole rings is 1. The van der Waals surface area contributed by atoms with Crippen molar-refractivity contribution >= 4 is 33.4 Å². The first-order valence-electron chi connectivity index (χ1n) is 7.64. The average molecular weight is 350 g/mol. The lowest BCUT2D eigenvalue weighted by atomic mass is 10.2. The smallest absolute Gasteiger partial charge is 0.273 e. The standard InChI is InChI=1S/C18H14N4O2S/c1-11-2-5-13(6-3-11)22-15(23)7-4-12-10-14(20-16(12)22)17(24)21-18-19-8-9-25-18/h2-10,20H,1H3,(H,19,21,24). The number of carbonyl (C=O) groups is 1. The number of hydrogen-bond donors (Lipinski definition) is 2. The molecular formula is C18H14N4O2S. The van der Waals surface area contributed by atoms with Crippen LogP contribution in [0.25, 0.3) is 16.7 Å². The van der Waals surface area contributed by atoms with Crippen molar-refractivity contribution in [2.75, 3.05) is 5.32 Å². The van der Waals surface area contributed by atoms with E-state index in [0.717, 1.165) is 16.6 Å². The summed E-state index contributed by atoms with van der Waals surface area (Å²) in [4.78, 5) is 31.9. The number of rotatable bonds is 3. The molecule has 0 spiro atoms. The Hall–Kier alpha value is -3.19. The van der Waals surface area contributed by atoms with Gasteiger partial charge >= 0.3 is 0 Å². The highest BCUT2D eigenvalue weighted by atomic mass is 32.1. The summed E-state index contributed by atoms with van der Waals surface area (Å²) in [6, 6.07) is 12.6. The fraction of sp³-hybridized carbons (Fsp3) is 0.0556. The first kappa shape index (κ1) is 15.3. The molecule has 6 nitrogen and oxygen atoms in total. The van der Waals surface area contributed by atoms with Gasteiger partial charge in [0.2, 0.25) is 0 Å². The molecule has 0 aliphatic rings. The number of pyridine rings is 1. The molecule has 0 radical (unpaired) electrons. The number of benzene rings is 1. The van der Waals surface area contributed by atoms with Crippen molar-refractivity contribution in [1.82, 2.24) is 14.5 Å². The second-order valence-corrected chi connectivity index (χ2v) is 6.52. The number of nitrogens with one attached hydrogen (secondary N) is 2. The van der Waals surface area contributed by atoms with Crippen molar-refractivity contribution < 1.29 is 4.79 Å². The van der Waals surface area contributed by atoms with Crippen LogP contribution in [0.3, 0.4) is 0 Å². The molecule has 7 heteroatoms. The molecule has 3 aromatic heterocycles. The van der Waals surface area contributed by atoms with Crippen molar-refractivity contribution in [2.24, 2.45) is 0 Å². The van der Waals surface area contributed by atoms with Crippen molar-refractivity contribution in [3.05, 3.63) is 75.7 Å². The molecule has 0 aliphatic heterocycles. The molecule has 0 aliphatic carbocycles. The molecule has 0 saturated carbocycles. The van der Waals surface area contributed by atoms with E-state index >= 15 is 0 Å². The maximum atomic E-state index is 12.4. The minimum atomic E-state index is -0.297. The highest BCUT2D eigenvalue weighted by Crippen LogP contribution is 2.19. The van der Waals surface area contributed by atoms with Gasteiger partial charge in [-0.3, -0.25) is 19.5 Å². The highest BCUT2D eigenvalue weighted by Gasteiger charge is 2.14. The first-order chi connectivity index (χ1) is 12.1. The molecule has 0 atom stereocenters. The molecule has 4 aromatic rings. The molecule has 1 aromatic carbocycles. The minimum Gasteiger partial charge on any atom is -0.336 e. The SMILES string of the molecule is Cc1ccc(-n2c(=O)ccc3cc(C(=O)Nc4nccs4)[nH]c32)cc1. The normalized spacial score (nSPS) is 10.9. The van der Waals surface area contributed by atoms with Crippen LogP contribution in [0.5, 0.6) is 0 Å². The quantitative estimate of drug-likeness (QED) is 0.595. The number of aryl methyl sites for hydroxylation is 1. The molecule has 25 heavy (non-hydrogen) atoms. The largest absolute Gasteiger partial charge is 0.336 e. The van der Waals surface area contributed by atoms with E-state index in [2.05, 4.69) is 15.3 Å². The van der Waals surface area contributed by atoms with Gasteiger partial charge in [0.25, 0.3) is 11.5 Å². The fourth-order valence-corrected chi connectivity index (χ4v) is 3.16. The van der Waals surface area contributed by atoms with Gasteiger partial charge in [-0.05, 0) is 31.2 Å². The molecule has 0 fully saturated rings. The summed E-state index contributed by atoms with van der Waals surface area (Å²) in [7, 11) is 0. The van der Waals surface area contributed by atoms with Gasteiger partial charge in [-0.2, -0.15) is 0 Å². The summed E-state index contributed by atoms with van der Waals surface area (Å²) in [6.07, 6.45) is 1.63. The lowest BCUT2D eigenvalue weighted by Gasteiger charge is -2.07. The summed E-state index contributed by atoms with van der Waals surface area (Å²) >= 11 is 1.34. The third kappa shape index (κ3) is 2.85. The Kier molecular flexibility index (Phi) is 3.70. The molecule has 0 bridgehead atoms. The zero-order valence-electron chi connectivity index (χ0n) is 13.3. The van der Waals surface area contributed by atoms with Crippen LogP contribution in [-0.4, -0.2) is 20.4 Å². The van der Waals surface area contributed by atoms with Gasteiger partial charge in [0.1, 0.15) is 11.3 Å². The molecule has 124 valence electrons. The van der Waals surface area contributed by atoms with Crippen molar-refractivity contribution in [1.29, 1.82) is 0 Å². The van der Waals surface area contributed by atoms with Crippen LogP contribution in [0, 0.1) is 6.92 Å². The number of anilines is 1. The number of aromatic amines is 1. The van der Waals surface area contributed by atoms with Gasteiger partial charge in [-0.1, -0.05) is 17.7 Å². The van der Waals surface area contributed by atoms with Gasteiger partial charge in [-0.25, -0.2) is 4.98 Å². The molecule has 2 N–H and O–H groups in total. The predicted octanol–water partition coefficient (Wildman–Crippen LogP) is 3.34. The van der Waals surface area contributed by atoms with Crippen LogP contribution in [-0.2, 0) is 0 Å². The molecule has 0 unspecified atom stereocenters. The Morgan fingerprint density at radius 1 is 1.20 bits per heavy atom. The van der Waals surface area contributed by atoms with Gasteiger partial charge in [-0.15, -0.1) is 11.3 Å². The zero-order chi connectivity index (χ0) is 17.4. The van der Waals surface area contributed by atoms with E-state index in [1.54, 1.807) is 28.3 Å². The topological polar surface area (TPSA) is 79.8 Å². The Bertz CT molecular complexity index is 1110. The maximum absolute atomic E-state index is 12.4. The summed E-state index contributed by atoms with van der Waals surface area (Å²) in [5.41, 5.74) is 2.65. The van der Waals surface area contributed by atoms with Crippen LogP contribution in [0.2, 0.25) is 0 Å². The van der Waals surface area contributed by atoms with Crippen molar-refractivity contribution in [3.63, 3.8) is 0 Å². The Balaban J connectivity index is 1.80. The maximum Gasteiger partial charge on any atom is 0.273 e. The second-order valence-electron chi connectivity index (χ2n) is 5.62. The number of nitrogens with zero attached hydrogens (tertiary/aromatic N) is 2. The Labute approximate surface area is 146 Å². The lowest BCUT2D eigenvalue weighted by Crippen LogP contribution is -2.17. The van der Waals surface area contributed by atoms with E-state index in [1.807, 2.05) is 31.2 Å². The van der Waals surface area contributed by atoms with Crippen LogP contribution < -0.4 is 10.9 Å². The van der Waals surface area contributed by atoms with Crippen LogP contribution in [0.1, 0.15) is 16.1 Å². The Morgan fingerprint density at radius 2 is 2.00 bits per heavy atom. The van der Waals surface area contributed by atoms with Crippen LogP contribution in [0.4, 0.5) is 5.13 Å². The zero-order valence-corrected chi connectivity index (χ0v) is 14.1. The Morgan fingerprint density at radius 3 is 2.72 bits per heavy atom. The van der Waals surface area contributed by atoms with Crippen molar-refractivity contribution in [3.8, 4) is 5.69 Å². The molecule has 4 rings (SSSR count). The fourth-order valence-electron chi connectivity index (χ4n) is 2.64. The van der Waals surface area contributed by atoms with Gasteiger partial charge < -0.3 is 4.98 Å². The number of H-pyrrole nitrogens is 1. The third-order valence-electron chi connectivity index (χ3n) is 3.87. The predicted molar refractivity (Wildman–Crippen MR) is 98.7 cm³/mol. The number of fused-ring (bicyclic) bond motifs is 1. The monoisotopic (exact) mass is 350 g/mol. The van der Waals surface area contributed by atoms with E-state index in [-0.39, 0.29) is 11.5 Å². The lowest BCUT2D eigenvalue weighted by molar-refractivity contribution is 0.102. The molecular weight excluding hydrogens is 336 g/mol. The number of amides is 1. The van der Waals surface area contributed by atoms with E-state index < -0.39 is 0 Å². The number of aromatic nitrogens is 3. The summed E-state index contributed by atoms with van der Waals surface area (Å²) in [5.74, 6) is -0.297. The van der Waals surface area contributed by atoms with E-state index in [4.69, 9.17) is 0 Å². The number of hydrogen-bond acceptors (Lipinski definition) is 4. The summed E-state index contributed by atoms with van der Waals surface area (Å²) in [5, 5.41) is 5.83. The van der Waals surface area contributed by atoms with E-state index in [9.17, 15) is 9.59 Å². The van der Waals surface area contributed by atoms with Crippen LogP contribution >= 0.6 is 11.3 Å².